The molecule has 0 heterocycles. The number of hydrogen-bond acceptors (Lipinski definition) is 3. The molecule has 3 N–H and O–H groups in total. The minimum Gasteiger partial charge on any atom is -0.489 e. The van der Waals surface area contributed by atoms with Crippen LogP contribution in [-0.2, 0) is 13.0 Å². The van der Waals surface area contributed by atoms with Gasteiger partial charge in [-0.15, -0.1) is 0 Å². The van der Waals surface area contributed by atoms with E-state index in [0.29, 0.717) is 24.4 Å². The minimum absolute atomic E-state index is 0.0538. The summed E-state index contributed by atoms with van der Waals surface area (Å²) in [4.78, 5) is 24.1. The molecule has 0 aliphatic heterocycles. The molecule has 0 unspecified atom stereocenters. The van der Waals surface area contributed by atoms with E-state index < -0.39 is 0 Å². The highest BCUT2D eigenvalue weighted by atomic mass is 16.5. The molecule has 0 spiro atoms. The van der Waals surface area contributed by atoms with Gasteiger partial charge in [0, 0.05) is 23.8 Å². The Morgan fingerprint density at radius 3 is 2.19 bits per heavy atom. The van der Waals surface area contributed by atoms with Crippen LogP contribution in [0.15, 0.2) is 78.9 Å². The number of amides is 3. The zero-order chi connectivity index (χ0) is 22.8. The summed E-state index contributed by atoms with van der Waals surface area (Å²) < 4.78 is 5.80. The standard InChI is InChI=1S/C26H29N3O3/c1-19(2)28-26(31)29-23-12-10-22(11-13-23)25(30)27-17-16-20-8-14-24(15-9-20)32-18-21-6-4-3-5-7-21/h3-15,19H,16-18H2,1-2H3,(H,27,30)(H2,28,29,31). The summed E-state index contributed by atoms with van der Waals surface area (Å²) >= 11 is 0. The molecule has 0 fully saturated rings. The van der Waals surface area contributed by atoms with Gasteiger partial charge in [0.15, 0.2) is 0 Å². The Balaban J connectivity index is 1.40. The fourth-order valence-electron chi connectivity index (χ4n) is 3.05. The highest BCUT2D eigenvalue weighted by molar-refractivity contribution is 5.95. The van der Waals surface area contributed by atoms with Crippen molar-refractivity contribution in [1.82, 2.24) is 10.6 Å². The Kier molecular flexibility index (Phi) is 8.26. The minimum atomic E-state index is -0.270. The number of hydrogen-bond donors (Lipinski definition) is 3. The van der Waals surface area contributed by atoms with Gasteiger partial charge in [0.1, 0.15) is 12.4 Å². The summed E-state index contributed by atoms with van der Waals surface area (Å²) in [6.07, 6.45) is 0.722. The lowest BCUT2D eigenvalue weighted by atomic mass is 10.1. The number of rotatable bonds is 9. The number of anilines is 1. The molecule has 0 saturated heterocycles. The second-order valence-corrected chi connectivity index (χ2v) is 7.75. The molecule has 166 valence electrons. The third-order valence-electron chi connectivity index (χ3n) is 4.70. The molecule has 0 aliphatic carbocycles. The van der Waals surface area contributed by atoms with Crippen LogP contribution in [-0.4, -0.2) is 24.5 Å². The third-order valence-corrected chi connectivity index (χ3v) is 4.70. The van der Waals surface area contributed by atoms with Crippen LogP contribution in [0, 0.1) is 0 Å². The summed E-state index contributed by atoms with van der Waals surface area (Å²) in [5, 5.41) is 8.41. The van der Waals surface area contributed by atoms with Crippen LogP contribution in [0.5, 0.6) is 5.75 Å². The summed E-state index contributed by atoms with van der Waals surface area (Å²) in [7, 11) is 0. The lowest BCUT2D eigenvalue weighted by Crippen LogP contribution is -2.34. The molecular weight excluding hydrogens is 402 g/mol. The Morgan fingerprint density at radius 1 is 0.844 bits per heavy atom. The maximum absolute atomic E-state index is 12.4. The first-order valence-electron chi connectivity index (χ1n) is 10.7. The number of carbonyl (C=O) groups excluding carboxylic acids is 2. The van der Waals surface area contributed by atoms with Gasteiger partial charge in [0.25, 0.3) is 5.91 Å². The van der Waals surface area contributed by atoms with Crippen LogP contribution >= 0.6 is 0 Å². The average molecular weight is 432 g/mol. The zero-order valence-electron chi connectivity index (χ0n) is 18.4. The first kappa shape index (κ1) is 22.9. The number of carbonyl (C=O) groups is 2. The molecule has 0 aliphatic rings. The molecule has 6 heteroatoms. The summed E-state index contributed by atoms with van der Waals surface area (Å²) in [6.45, 7) is 4.84. The molecule has 0 atom stereocenters. The van der Waals surface area contributed by atoms with Crippen molar-refractivity contribution >= 4 is 17.6 Å². The van der Waals surface area contributed by atoms with Crippen LogP contribution in [0.1, 0.15) is 35.3 Å². The molecule has 0 radical (unpaired) electrons. The van der Waals surface area contributed by atoms with E-state index in [4.69, 9.17) is 4.74 Å². The fourth-order valence-corrected chi connectivity index (χ4v) is 3.05. The van der Waals surface area contributed by atoms with Crippen molar-refractivity contribution in [3.05, 3.63) is 95.6 Å². The highest BCUT2D eigenvalue weighted by Crippen LogP contribution is 2.15. The van der Waals surface area contributed by atoms with E-state index in [0.717, 1.165) is 23.3 Å². The maximum atomic E-state index is 12.4. The first-order valence-corrected chi connectivity index (χ1v) is 10.7. The first-order chi connectivity index (χ1) is 15.5. The number of urea groups is 1. The van der Waals surface area contributed by atoms with E-state index in [9.17, 15) is 9.59 Å². The Labute approximate surface area is 189 Å². The average Bonchev–Trinajstić information content (AvgIpc) is 2.79. The largest absolute Gasteiger partial charge is 0.489 e. The topological polar surface area (TPSA) is 79.5 Å². The third kappa shape index (κ3) is 7.47. The van der Waals surface area contributed by atoms with E-state index in [2.05, 4.69) is 16.0 Å². The van der Waals surface area contributed by atoms with Gasteiger partial charge in [-0.1, -0.05) is 42.5 Å². The van der Waals surface area contributed by atoms with Crippen molar-refractivity contribution in [2.45, 2.75) is 32.9 Å². The Bertz CT molecular complexity index is 1000. The molecule has 0 bridgehead atoms. The number of ether oxygens (including phenoxy) is 1. The van der Waals surface area contributed by atoms with Gasteiger partial charge in [-0.25, -0.2) is 4.79 Å². The predicted octanol–water partition coefficient (Wildman–Crippen LogP) is 4.77. The maximum Gasteiger partial charge on any atom is 0.319 e. The molecule has 3 amide bonds. The smallest absolute Gasteiger partial charge is 0.319 e. The molecule has 3 aromatic carbocycles. The van der Waals surface area contributed by atoms with Crippen LogP contribution in [0.25, 0.3) is 0 Å². The van der Waals surface area contributed by atoms with E-state index in [1.807, 2.05) is 68.4 Å². The van der Waals surface area contributed by atoms with Crippen LogP contribution < -0.4 is 20.7 Å². The molecule has 3 aromatic rings. The van der Waals surface area contributed by atoms with Crippen molar-refractivity contribution in [1.29, 1.82) is 0 Å². The van der Waals surface area contributed by atoms with E-state index >= 15 is 0 Å². The van der Waals surface area contributed by atoms with Gasteiger partial charge < -0.3 is 20.7 Å². The van der Waals surface area contributed by atoms with Crippen molar-refractivity contribution in [2.24, 2.45) is 0 Å². The van der Waals surface area contributed by atoms with Gasteiger partial charge in [0.05, 0.1) is 0 Å². The van der Waals surface area contributed by atoms with E-state index in [-0.39, 0.29) is 18.0 Å². The quantitative estimate of drug-likeness (QED) is 0.457. The lowest BCUT2D eigenvalue weighted by Gasteiger charge is -2.11. The summed E-state index contributed by atoms with van der Waals surface area (Å²) in [5.41, 5.74) is 3.42. The normalized spacial score (nSPS) is 10.5. The van der Waals surface area contributed by atoms with Crippen LogP contribution in [0.2, 0.25) is 0 Å². The lowest BCUT2D eigenvalue weighted by molar-refractivity contribution is 0.0954. The molecule has 0 aromatic heterocycles. The SMILES string of the molecule is CC(C)NC(=O)Nc1ccc(C(=O)NCCc2ccc(OCc3ccccc3)cc2)cc1. The zero-order valence-corrected chi connectivity index (χ0v) is 18.4. The van der Waals surface area contributed by atoms with Gasteiger partial charge in [-0.3, -0.25) is 4.79 Å². The molecule has 6 nitrogen and oxygen atoms in total. The van der Waals surface area contributed by atoms with E-state index in [1.54, 1.807) is 24.3 Å². The van der Waals surface area contributed by atoms with Crippen molar-refractivity contribution in [3.8, 4) is 5.75 Å². The van der Waals surface area contributed by atoms with Crippen LogP contribution in [0.3, 0.4) is 0 Å². The molecule has 0 saturated carbocycles. The van der Waals surface area contributed by atoms with Gasteiger partial charge in [-0.05, 0) is 67.8 Å². The highest BCUT2D eigenvalue weighted by Gasteiger charge is 2.07. The Morgan fingerprint density at radius 2 is 1.53 bits per heavy atom. The number of benzene rings is 3. The molecular formula is C26H29N3O3. The monoisotopic (exact) mass is 431 g/mol. The predicted molar refractivity (Wildman–Crippen MR) is 127 cm³/mol. The van der Waals surface area contributed by atoms with Gasteiger partial charge in [0.2, 0.25) is 0 Å². The second-order valence-electron chi connectivity index (χ2n) is 7.75. The van der Waals surface area contributed by atoms with Gasteiger partial charge >= 0.3 is 6.03 Å². The van der Waals surface area contributed by atoms with Crippen molar-refractivity contribution in [2.75, 3.05) is 11.9 Å². The van der Waals surface area contributed by atoms with Crippen molar-refractivity contribution < 1.29 is 14.3 Å². The summed E-state index contributed by atoms with van der Waals surface area (Å²) in [5.74, 6) is 0.670. The number of nitrogens with one attached hydrogen (secondary N) is 3. The Hall–Kier alpha value is -3.80. The molecule has 3 rings (SSSR count). The van der Waals surface area contributed by atoms with Crippen LogP contribution in [0.4, 0.5) is 10.5 Å². The second kappa shape index (κ2) is 11.6. The molecule has 32 heavy (non-hydrogen) atoms. The van der Waals surface area contributed by atoms with Gasteiger partial charge in [-0.2, -0.15) is 0 Å². The summed E-state index contributed by atoms with van der Waals surface area (Å²) in [6, 6.07) is 24.5. The fraction of sp³-hybridized carbons (Fsp3) is 0.231. The van der Waals surface area contributed by atoms with E-state index in [1.165, 1.54) is 0 Å². The van der Waals surface area contributed by atoms with Crippen molar-refractivity contribution in [3.63, 3.8) is 0 Å².